The first-order valence-corrected chi connectivity index (χ1v) is 22.4. The molecule has 3 N–H and O–H groups in total. The molecule has 8 atom stereocenters. The smallest absolute Gasteiger partial charge is 0.407 e. The summed E-state index contributed by atoms with van der Waals surface area (Å²) >= 11 is 0. The summed E-state index contributed by atoms with van der Waals surface area (Å²) in [6, 6.07) is 21.7. The van der Waals surface area contributed by atoms with E-state index in [2.05, 4.69) is 58.1 Å². The number of carbonyl (C=O) groups is 4. The lowest BCUT2D eigenvalue weighted by molar-refractivity contribution is -0.139. The van der Waals surface area contributed by atoms with Crippen molar-refractivity contribution in [3.8, 4) is 28.1 Å². The average Bonchev–Trinajstić information content (AvgIpc) is 3.81. The van der Waals surface area contributed by atoms with E-state index >= 15 is 0 Å². The van der Waals surface area contributed by atoms with Gasteiger partial charge in [-0.15, -0.1) is 0 Å². The maximum atomic E-state index is 14.5. The van der Waals surface area contributed by atoms with Crippen LogP contribution in [-0.2, 0) is 41.6 Å². The summed E-state index contributed by atoms with van der Waals surface area (Å²) in [4.78, 5) is 70.3. The van der Waals surface area contributed by atoms with Crippen LogP contribution in [0.15, 0.2) is 84.0 Å². The van der Waals surface area contributed by atoms with Crippen LogP contribution >= 0.6 is 0 Å². The molecule has 0 bridgehead atoms. The van der Waals surface area contributed by atoms with Crippen LogP contribution in [0.1, 0.15) is 60.8 Å². The predicted octanol–water partition coefficient (Wildman–Crippen LogP) is 6.80. The van der Waals surface area contributed by atoms with E-state index in [4.69, 9.17) is 33.7 Å². The number of aromatic amines is 1. The number of likely N-dealkylation sites (tertiary alicyclic amines) is 2. The van der Waals surface area contributed by atoms with Crippen LogP contribution in [0.25, 0.3) is 33.2 Å². The first kappa shape index (κ1) is 43.1. The number of piperidine rings is 1. The second kappa shape index (κ2) is 17.5. The van der Waals surface area contributed by atoms with Gasteiger partial charge in [0, 0.05) is 50.4 Å². The number of aromatic nitrogens is 2. The highest BCUT2D eigenvalue weighted by Gasteiger charge is 2.56. The Labute approximate surface area is 382 Å². The predicted molar refractivity (Wildman–Crippen MR) is 244 cm³/mol. The van der Waals surface area contributed by atoms with Crippen LogP contribution in [0.2, 0.25) is 0 Å². The SMILES string of the molecule is COC[C@H]1C[C@@H](C2=Nc3ccc4cc5c(cc4c3C2)OCc2cc(-c3cnc(C4C[C@H]6C[C@H]6N4C(=O)[C@@H](NC(=O)OC)[C@@H](C)OC)[nH]3)ccc2-5)N(C(=O)[C@H](NC(=O)OC)c2ccccc2)C1. The molecule has 342 valence electrons. The fraction of sp³-hybridized carbons (Fsp3) is 0.400. The molecule has 0 spiro atoms. The van der Waals surface area contributed by atoms with Crippen molar-refractivity contribution in [3.05, 3.63) is 102 Å². The zero-order valence-corrected chi connectivity index (χ0v) is 37.5. The molecule has 3 fully saturated rings. The standard InChI is InChI=1S/C50H53N7O9/c1-26(63-3)44(54-49(60)64-4)48(59)57-40-18-31(40)19-42(57)46-51-22-39(53-46)30-11-13-33-32(16-30)25-66-43-21-34-29(17-36(33)43)12-14-37-35(34)20-38(52-37)41-15-27(24-62-2)23-56(41)47(58)45(55-50(61)65-5)28-9-7-6-8-10-28/h6-14,16-17,21-22,26-27,31,40-42,44-45H,15,18-20,23-25H2,1-5H3,(H,51,53)(H,54,60)(H,55,61)/t26-,27+,31-,40-,41+,42?,44+,45-/m1/s1. The number of methoxy groups -OCH3 is 4. The molecule has 1 aliphatic carbocycles. The van der Waals surface area contributed by atoms with Gasteiger partial charge in [-0.05, 0) is 95.0 Å². The van der Waals surface area contributed by atoms with Gasteiger partial charge in [-0.1, -0.05) is 48.5 Å². The summed E-state index contributed by atoms with van der Waals surface area (Å²) in [6.07, 6.45) is 2.84. The number of alkyl carbamates (subject to hydrolysis) is 2. The van der Waals surface area contributed by atoms with Crippen LogP contribution in [0.5, 0.6) is 5.75 Å². The Morgan fingerprint density at radius 2 is 1.68 bits per heavy atom. The molecule has 1 aromatic heterocycles. The van der Waals surface area contributed by atoms with Crippen molar-refractivity contribution in [2.24, 2.45) is 16.8 Å². The number of ether oxygens (including phenoxy) is 5. The fourth-order valence-electron chi connectivity index (χ4n) is 10.5. The summed E-state index contributed by atoms with van der Waals surface area (Å²) in [5, 5.41) is 7.55. The molecule has 66 heavy (non-hydrogen) atoms. The van der Waals surface area contributed by atoms with Crippen molar-refractivity contribution in [2.45, 2.75) is 75.5 Å². The summed E-state index contributed by atoms with van der Waals surface area (Å²) in [5.41, 5.74) is 8.43. The van der Waals surface area contributed by atoms with Gasteiger partial charge < -0.3 is 49.1 Å². The van der Waals surface area contributed by atoms with Gasteiger partial charge in [0.25, 0.3) is 0 Å². The van der Waals surface area contributed by atoms with Gasteiger partial charge in [0.15, 0.2) is 0 Å². The number of H-pyrrole nitrogens is 1. The van der Waals surface area contributed by atoms with Crippen molar-refractivity contribution >= 4 is 46.2 Å². The minimum absolute atomic E-state index is 0.0911. The van der Waals surface area contributed by atoms with E-state index in [0.717, 1.165) is 74.3 Å². The molecule has 4 aliphatic heterocycles. The molecule has 16 nitrogen and oxygen atoms in total. The average molecular weight is 896 g/mol. The number of benzene rings is 4. The first-order chi connectivity index (χ1) is 32.1. The lowest BCUT2D eigenvalue weighted by atomic mass is 9.90. The van der Waals surface area contributed by atoms with Gasteiger partial charge in [0.2, 0.25) is 11.8 Å². The number of fused-ring (bicyclic) bond motifs is 7. The number of aliphatic imine (C=N–C) groups is 1. The molecule has 5 aromatic rings. The van der Waals surface area contributed by atoms with E-state index in [1.807, 2.05) is 46.3 Å². The lowest BCUT2D eigenvalue weighted by Crippen LogP contribution is -2.54. The zero-order chi connectivity index (χ0) is 45.8. The van der Waals surface area contributed by atoms with E-state index in [1.165, 1.54) is 21.3 Å². The van der Waals surface area contributed by atoms with Crippen molar-refractivity contribution in [3.63, 3.8) is 0 Å². The summed E-state index contributed by atoms with van der Waals surface area (Å²) < 4.78 is 27.3. The van der Waals surface area contributed by atoms with E-state index in [9.17, 15) is 19.2 Å². The number of rotatable bonds is 12. The Morgan fingerprint density at radius 1 is 0.879 bits per heavy atom. The zero-order valence-electron chi connectivity index (χ0n) is 37.5. The van der Waals surface area contributed by atoms with E-state index in [0.29, 0.717) is 49.9 Å². The molecule has 4 aromatic carbocycles. The van der Waals surface area contributed by atoms with Gasteiger partial charge >= 0.3 is 12.2 Å². The lowest BCUT2D eigenvalue weighted by Gasteiger charge is -2.32. The van der Waals surface area contributed by atoms with Crippen molar-refractivity contribution in [2.75, 3.05) is 41.6 Å². The van der Waals surface area contributed by atoms with Crippen molar-refractivity contribution in [1.29, 1.82) is 0 Å². The molecule has 4 amide bonds. The van der Waals surface area contributed by atoms with E-state index in [1.54, 1.807) is 14.0 Å². The third-order valence-electron chi connectivity index (χ3n) is 14.0. The van der Waals surface area contributed by atoms with Crippen LogP contribution in [0.4, 0.5) is 15.3 Å². The van der Waals surface area contributed by atoms with E-state index < -0.39 is 30.4 Å². The molecular weight excluding hydrogens is 843 g/mol. The second-order valence-electron chi connectivity index (χ2n) is 17.9. The number of nitrogens with one attached hydrogen (secondary N) is 3. The second-order valence-corrected chi connectivity index (χ2v) is 17.9. The highest BCUT2D eigenvalue weighted by atomic mass is 16.5. The molecule has 10 rings (SSSR count). The monoisotopic (exact) mass is 895 g/mol. The Bertz CT molecular complexity index is 2760. The first-order valence-electron chi connectivity index (χ1n) is 22.4. The Hall–Kier alpha value is -6.78. The third kappa shape index (κ3) is 7.81. The number of imidazole rings is 1. The van der Waals surface area contributed by atoms with Crippen LogP contribution in [0, 0.1) is 11.8 Å². The molecule has 0 radical (unpaired) electrons. The van der Waals surface area contributed by atoms with Crippen molar-refractivity contribution in [1.82, 2.24) is 30.4 Å². The highest BCUT2D eigenvalue weighted by molar-refractivity contribution is 6.07. The van der Waals surface area contributed by atoms with Gasteiger partial charge in [0.1, 0.15) is 30.3 Å². The topological polar surface area (TPSA) is 186 Å². The summed E-state index contributed by atoms with van der Waals surface area (Å²) in [5.74, 6) is 1.53. The number of amides is 4. The van der Waals surface area contributed by atoms with Crippen LogP contribution < -0.4 is 15.4 Å². The molecule has 5 aliphatic rings. The third-order valence-corrected chi connectivity index (χ3v) is 14.0. The van der Waals surface area contributed by atoms with Crippen LogP contribution in [0.3, 0.4) is 0 Å². The highest BCUT2D eigenvalue weighted by Crippen LogP contribution is 2.53. The normalized spacial score (nSPS) is 22.5. The number of carbonyl (C=O) groups excluding carboxylic acids is 4. The summed E-state index contributed by atoms with van der Waals surface area (Å²) in [6.45, 7) is 3.10. The Kier molecular flexibility index (Phi) is 11.5. The minimum atomic E-state index is -0.930. The fourth-order valence-corrected chi connectivity index (χ4v) is 10.5. The largest absolute Gasteiger partial charge is 0.488 e. The molecule has 16 heteroatoms. The van der Waals surface area contributed by atoms with Crippen LogP contribution in [-0.4, -0.2) is 115 Å². The quantitative estimate of drug-likeness (QED) is 0.120. The van der Waals surface area contributed by atoms with Gasteiger partial charge in [-0.25, -0.2) is 14.6 Å². The molecular formula is C50H53N7O9. The summed E-state index contributed by atoms with van der Waals surface area (Å²) in [7, 11) is 5.74. The molecule has 2 saturated heterocycles. The number of hydrogen-bond donors (Lipinski definition) is 3. The maximum Gasteiger partial charge on any atom is 0.407 e. The number of nitrogens with zero attached hydrogens (tertiary/aromatic N) is 4. The molecule has 1 unspecified atom stereocenters. The van der Waals surface area contributed by atoms with Gasteiger partial charge in [0.05, 0.1) is 56.6 Å². The Morgan fingerprint density at radius 3 is 2.45 bits per heavy atom. The van der Waals surface area contributed by atoms with Gasteiger partial charge in [-0.3, -0.25) is 14.6 Å². The molecule has 1 saturated carbocycles. The van der Waals surface area contributed by atoms with Crippen molar-refractivity contribution < 1.29 is 42.9 Å². The Balaban J connectivity index is 0.883. The molecule has 5 heterocycles. The van der Waals surface area contributed by atoms with E-state index in [-0.39, 0.29) is 35.9 Å². The minimum Gasteiger partial charge on any atom is -0.488 e. The van der Waals surface area contributed by atoms with Gasteiger partial charge in [-0.2, -0.15) is 0 Å². The number of hydrogen-bond acceptors (Lipinski definition) is 11. The maximum absolute atomic E-state index is 14.5.